The molecule has 1 aromatic heterocycles. The Labute approximate surface area is 148 Å². The molecule has 0 radical (unpaired) electrons. The summed E-state index contributed by atoms with van der Waals surface area (Å²) in [5, 5.41) is 1.39. The van der Waals surface area contributed by atoms with Crippen LogP contribution in [0.4, 0.5) is 0 Å². The zero-order valence-corrected chi connectivity index (χ0v) is 15.0. The van der Waals surface area contributed by atoms with E-state index in [-0.39, 0.29) is 5.78 Å². The quantitative estimate of drug-likeness (QED) is 0.667. The zero-order valence-electron chi connectivity index (χ0n) is 15.0. The highest BCUT2D eigenvalue weighted by atomic mass is 16.1. The number of Topliss-reactive ketones (excluding diaryl/α,β-unsaturated/α-hetero) is 1. The molecule has 0 bridgehead atoms. The van der Waals surface area contributed by atoms with E-state index in [0.717, 1.165) is 31.6 Å². The number of benzene rings is 2. The number of carbonyl (C=O) groups is 1. The van der Waals surface area contributed by atoms with E-state index in [1.165, 1.54) is 27.7 Å². The van der Waals surface area contributed by atoms with Crippen LogP contribution >= 0.6 is 0 Å². The summed E-state index contributed by atoms with van der Waals surface area (Å²) < 4.78 is 2.46. The fraction of sp³-hybridized carbons (Fsp3) is 0.318. The van der Waals surface area contributed by atoms with E-state index in [1.54, 1.807) is 0 Å². The molecule has 0 amide bonds. The summed E-state index contributed by atoms with van der Waals surface area (Å²) in [7, 11) is 2.19. The van der Waals surface area contributed by atoms with E-state index >= 15 is 0 Å². The van der Waals surface area contributed by atoms with E-state index in [9.17, 15) is 4.79 Å². The Kier molecular flexibility index (Phi) is 4.18. The molecule has 0 aliphatic carbocycles. The van der Waals surface area contributed by atoms with Gasteiger partial charge in [-0.05, 0) is 30.7 Å². The lowest BCUT2D eigenvalue weighted by atomic mass is 10.0. The van der Waals surface area contributed by atoms with Gasteiger partial charge in [0.15, 0.2) is 5.78 Å². The van der Waals surface area contributed by atoms with Crippen molar-refractivity contribution < 1.29 is 4.79 Å². The highest BCUT2D eigenvalue weighted by molar-refractivity contribution is 5.95. The molecule has 0 atom stereocenters. The first-order chi connectivity index (χ1) is 12.2. The van der Waals surface area contributed by atoms with Crippen molar-refractivity contribution in [2.24, 2.45) is 0 Å². The van der Waals surface area contributed by atoms with Gasteiger partial charge in [0.05, 0.1) is 0 Å². The largest absolute Gasteiger partial charge is 0.339 e. The van der Waals surface area contributed by atoms with E-state index in [1.807, 2.05) is 19.1 Å². The maximum Gasteiger partial charge on any atom is 0.162 e. The summed E-state index contributed by atoms with van der Waals surface area (Å²) >= 11 is 0. The van der Waals surface area contributed by atoms with Gasteiger partial charge in [0, 0.05) is 48.2 Å². The minimum Gasteiger partial charge on any atom is -0.339 e. The third-order valence-corrected chi connectivity index (χ3v) is 5.30. The van der Waals surface area contributed by atoms with E-state index in [4.69, 9.17) is 0 Å². The van der Waals surface area contributed by atoms with Gasteiger partial charge in [-0.3, -0.25) is 4.79 Å². The fourth-order valence-corrected chi connectivity index (χ4v) is 3.89. The molecule has 1 aliphatic rings. The topological polar surface area (TPSA) is 25.2 Å². The highest BCUT2D eigenvalue weighted by Gasteiger charge is 2.22. The molecule has 3 heteroatoms. The second-order valence-corrected chi connectivity index (χ2v) is 6.99. The lowest BCUT2D eigenvalue weighted by molar-refractivity contribution is 0.0988. The number of rotatable bonds is 4. The summed E-state index contributed by atoms with van der Waals surface area (Å²) in [6.07, 6.45) is 1.67. The van der Waals surface area contributed by atoms with Gasteiger partial charge in [-0.15, -0.1) is 0 Å². The fourth-order valence-electron chi connectivity index (χ4n) is 3.89. The minimum atomic E-state index is 0.206. The normalized spacial score (nSPS) is 14.6. The summed E-state index contributed by atoms with van der Waals surface area (Å²) in [6, 6.07) is 16.8. The van der Waals surface area contributed by atoms with Crippen molar-refractivity contribution in [3.8, 4) is 0 Å². The van der Waals surface area contributed by atoms with Gasteiger partial charge >= 0.3 is 0 Å². The molecule has 4 rings (SSSR count). The van der Waals surface area contributed by atoms with Crippen molar-refractivity contribution in [2.45, 2.75) is 32.9 Å². The van der Waals surface area contributed by atoms with Crippen LogP contribution < -0.4 is 0 Å². The summed E-state index contributed by atoms with van der Waals surface area (Å²) in [6.45, 7) is 4.88. The standard InChI is InChI=1S/C22H24N2O/c1-3-22(25)17-10-8-16(9-11-17)14-24-20-7-5-4-6-18(20)19-12-13-23(2)15-21(19)24/h4-11H,3,12-15H2,1-2H3. The summed E-state index contributed by atoms with van der Waals surface area (Å²) in [5.74, 6) is 0.206. The third kappa shape index (κ3) is 2.89. The van der Waals surface area contributed by atoms with Gasteiger partial charge in [-0.1, -0.05) is 49.4 Å². The lowest BCUT2D eigenvalue weighted by Crippen LogP contribution is -2.27. The molecule has 0 saturated carbocycles. The average Bonchev–Trinajstić information content (AvgIpc) is 2.95. The van der Waals surface area contributed by atoms with Crippen LogP contribution in [0.1, 0.15) is 40.5 Å². The molecular formula is C22H24N2O. The molecule has 128 valence electrons. The first kappa shape index (κ1) is 16.1. The van der Waals surface area contributed by atoms with Gasteiger partial charge in [0.1, 0.15) is 0 Å². The maximum atomic E-state index is 11.8. The Balaban J connectivity index is 1.74. The molecule has 0 unspecified atom stereocenters. The van der Waals surface area contributed by atoms with Gasteiger partial charge in [-0.25, -0.2) is 0 Å². The highest BCUT2D eigenvalue weighted by Crippen LogP contribution is 2.31. The number of para-hydroxylation sites is 1. The number of likely N-dealkylation sites (N-methyl/N-ethyl adjacent to an activating group) is 1. The van der Waals surface area contributed by atoms with Gasteiger partial charge in [0.2, 0.25) is 0 Å². The summed E-state index contributed by atoms with van der Waals surface area (Å²) in [5.41, 5.74) is 6.31. The SMILES string of the molecule is CCC(=O)c1ccc(Cn2c3c(c4ccccc42)CCN(C)C3)cc1. The van der Waals surface area contributed by atoms with Crippen molar-refractivity contribution in [3.05, 3.63) is 70.9 Å². The van der Waals surface area contributed by atoms with Gasteiger partial charge in [-0.2, -0.15) is 0 Å². The Hall–Kier alpha value is -2.39. The predicted molar refractivity (Wildman–Crippen MR) is 102 cm³/mol. The van der Waals surface area contributed by atoms with Crippen LogP contribution in [-0.4, -0.2) is 28.8 Å². The Morgan fingerprint density at radius 1 is 1.08 bits per heavy atom. The number of hydrogen-bond acceptors (Lipinski definition) is 2. The minimum absolute atomic E-state index is 0.206. The van der Waals surface area contributed by atoms with Gasteiger partial charge in [0.25, 0.3) is 0 Å². The number of carbonyl (C=O) groups excluding carboxylic acids is 1. The first-order valence-corrected chi connectivity index (χ1v) is 9.07. The number of aromatic nitrogens is 1. The maximum absolute atomic E-state index is 11.8. The van der Waals surface area contributed by atoms with Crippen LogP contribution in [0.2, 0.25) is 0 Å². The average molecular weight is 332 g/mol. The molecule has 3 nitrogen and oxygen atoms in total. The van der Waals surface area contributed by atoms with Crippen LogP contribution in [0.3, 0.4) is 0 Å². The summed E-state index contributed by atoms with van der Waals surface area (Å²) in [4.78, 5) is 14.2. The molecule has 3 aromatic rings. The number of nitrogens with zero attached hydrogens (tertiary/aromatic N) is 2. The molecule has 2 heterocycles. The molecule has 25 heavy (non-hydrogen) atoms. The molecule has 0 fully saturated rings. The van der Waals surface area contributed by atoms with E-state index in [0.29, 0.717) is 6.42 Å². The molecule has 2 aromatic carbocycles. The Bertz CT molecular complexity index is 921. The predicted octanol–water partition coefficient (Wildman–Crippen LogP) is 4.27. The zero-order chi connectivity index (χ0) is 17.4. The Morgan fingerprint density at radius 3 is 2.60 bits per heavy atom. The second-order valence-electron chi connectivity index (χ2n) is 6.99. The van der Waals surface area contributed by atoms with Crippen LogP contribution in [0.5, 0.6) is 0 Å². The van der Waals surface area contributed by atoms with Crippen molar-refractivity contribution >= 4 is 16.7 Å². The lowest BCUT2D eigenvalue weighted by Gasteiger charge is -2.24. The molecular weight excluding hydrogens is 308 g/mol. The first-order valence-electron chi connectivity index (χ1n) is 9.07. The number of ketones is 1. The van der Waals surface area contributed by atoms with Crippen LogP contribution in [0.15, 0.2) is 48.5 Å². The van der Waals surface area contributed by atoms with Crippen LogP contribution in [0, 0.1) is 0 Å². The van der Waals surface area contributed by atoms with Gasteiger partial charge < -0.3 is 9.47 Å². The van der Waals surface area contributed by atoms with E-state index < -0.39 is 0 Å². The van der Waals surface area contributed by atoms with E-state index in [2.05, 4.69) is 52.9 Å². The van der Waals surface area contributed by atoms with Crippen molar-refractivity contribution in [1.29, 1.82) is 0 Å². The molecule has 0 saturated heterocycles. The van der Waals surface area contributed by atoms with Crippen molar-refractivity contribution in [3.63, 3.8) is 0 Å². The van der Waals surface area contributed by atoms with Crippen molar-refractivity contribution in [1.82, 2.24) is 9.47 Å². The second kappa shape index (κ2) is 6.49. The monoisotopic (exact) mass is 332 g/mol. The third-order valence-electron chi connectivity index (χ3n) is 5.30. The van der Waals surface area contributed by atoms with Crippen LogP contribution in [0.25, 0.3) is 10.9 Å². The Morgan fingerprint density at radius 2 is 1.84 bits per heavy atom. The molecule has 0 spiro atoms. The number of fused-ring (bicyclic) bond motifs is 3. The number of hydrogen-bond donors (Lipinski definition) is 0. The molecule has 0 N–H and O–H groups in total. The molecule has 1 aliphatic heterocycles. The smallest absolute Gasteiger partial charge is 0.162 e. The van der Waals surface area contributed by atoms with Crippen molar-refractivity contribution in [2.75, 3.05) is 13.6 Å². The van der Waals surface area contributed by atoms with Crippen LogP contribution in [-0.2, 0) is 19.5 Å².